The van der Waals surface area contributed by atoms with Gasteiger partial charge in [0.25, 0.3) is 0 Å². The van der Waals surface area contributed by atoms with Gasteiger partial charge in [-0.3, -0.25) is 0 Å². The second-order valence-corrected chi connectivity index (χ2v) is 5.17. The van der Waals surface area contributed by atoms with Gasteiger partial charge in [-0.1, -0.05) is 18.5 Å². The van der Waals surface area contributed by atoms with Gasteiger partial charge in [-0.25, -0.2) is 4.98 Å². The van der Waals surface area contributed by atoms with E-state index >= 15 is 0 Å². The van der Waals surface area contributed by atoms with Crippen molar-refractivity contribution in [3.63, 3.8) is 0 Å². The van der Waals surface area contributed by atoms with Crippen molar-refractivity contribution >= 4 is 11.6 Å². The van der Waals surface area contributed by atoms with E-state index in [9.17, 15) is 0 Å². The molecule has 0 bridgehead atoms. The van der Waals surface area contributed by atoms with E-state index < -0.39 is 0 Å². The summed E-state index contributed by atoms with van der Waals surface area (Å²) in [5, 5.41) is 3.93. The van der Waals surface area contributed by atoms with Gasteiger partial charge in [-0.15, -0.1) is 0 Å². The van der Waals surface area contributed by atoms with Crippen molar-refractivity contribution in [3.05, 3.63) is 22.8 Å². The van der Waals surface area contributed by atoms with Crippen LogP contribution in [-0.4, -0.2) is 31.3 Å². The smallest absolute Gasteiger partial charge is 0.213 e. The lowest BCUT2D eigenvalue weighted by atomic mass is 10.0. The largest absolute Gasteiger partial charge is 0.477 e. The molecule has 1 aromatic heterocycles. The normalized spacial score (nSPS) is 16.5. The van der Waals surface area contributed by atoms with Gasteiger partial charge >= 0.3 is 0 Å². The average Bonchev–Trinajstić information content (AvgIpc) is 2.46. The number of hydrogen-bond donors (Lipinski definition) is 1. The first-order chi connectivity index (χ1) is 9.29. The molecule has 2 heterocycles. The predicted molar refractivity (Wildman–Crippen MR) is 75.7 cm³/mol. The Morgan fingerprint density at radius 2 is 2.26 bits per heavy atom. The molecule has 1 aromatic rings. The zero-order valence-electron chi connectivity index (χ0n) is 11.3. The number of nitrogens with zero attached hydrogens (tertiary/aromatic N) is 1. The first-order valence-electron chi connectivity index (χ1n) is 6.85. The molecule has 0 aliphatic carbocycles. The minimum Gasteiger partial charge on any atom is -0.477 e. The van der Waals surface area contributed by atoms with Crippen LogP contribution in [0.1, 0.15) is 25.3 Å². The van der Waals surface area contributed by atoms with Gasteiger partial charge in [0.05, 0.1) is 11.6 Å². The molecule has 4 nitrogen and oxygen atoms in total. The summed E-state index contributed by atoms with van der Waals surface area (Å²) in [5.74, 6) is 1.23. The highest BCUT2D eigenvalue weighted by Crippen LogP contribution is 2.21. The van der Waals surface area contributed by atoms with Crippen molar-refractivity contribution in [2.45, 2.75) is 26.3 Å². The lowest BCUT2D eigenvalue weighted by Crippen LogP contribution is -2.21. The third-order valence-electron chi connectivity index (χ3n) is 3.28. The quantitative estimate of drug-likeness (QED) is 0.872. The van der Waals surface area contributed by atoms with Gasteiger partial charge in [0.2, 0.25) is 5.88 Å². The minimum absolute atomic E-state index is 0.573. The summed E-state index contributed by atoms with van der Waals surface area (Å²) in [6, 6.07) is 1.92. The van der Waals surface area contributed by atoms with Crippen LogP contribution >= 0.6 is 11.6 Å². The Balaban J connectivity index is 1.88. The van der Waals surface area contributed by atoms with Gasteiger partial charge in [-0.05, 0) is 30.9 Å². The van der Waals surface area contributed by atoms with E-state index in [1.54, 1.807) is 6.20 Å². The Bertz CT molecular complexity index is 395. The van der Waals surface area contributed by atoms with Gasteiger partial charge in [0.1, 0.15) is 0 Å². The van der Waals surface area contributed by atoms with Crippen LogP contribution in [0.5, 0.6) is 5.88 Å². The zero-order chi connectivity index (χ0) is 13.5. The molecule has 0 unspecified atom stereocenters. The number of rotatable bonds is 6. The first kappa shape index (κ1) is 14.6. The summed E-state index contributed by atoms with van der Waals surface area (Å²) in [5.41, 5.74) is 1.03. The second kappa shape index (κ2) is 7.68. The molecule has 5 heteroatoms. The van der Waals surface area contributed by atoms with Crippen LogP contribution in [0.25, 0.3) is 0 Å². The van der Waals surface area contributed by atoms with Gasteiger partial charge in [0, 0.05) is 32.0 Å². The van der Waals surface area contributed by atoms with E-state index in [1.807, 2.05) is 6.07 Å². The number of ether oxygens (including phenoxy) is 2. The van der Waals surface area contributed by atoms with Crippen LogP contribution in [0.15, 0.2) is 12.3 Å². The predicted octanol–water partition coefficient (Wildman–Crippen LogP) is 2.65. The highest BCUT2D eigenvalue weighted by molar-refractivity contribution is 6.31. The second-order valence-electron chi connectivity index (χ2n) is 4.76. The van der Waals surface area contributed by atoms with E-state index in [2.05, 4.69) is 17.2 Å². The average molecular weight is 285 g/mol. The molecule has 0 radical (unpaired) electrons. The third-order valence-corrected chi connectivity index (χ3v) is 3.62. The molecule has 2 rings (SSSR count). The summed E-state index contributed by atoms with van der Waals surface area (Å²) in [7, 11) is 0. The molecule has 0 saturated carbocycles. The number of nitrogens with one attached hydrogen (secondary N) is 1. The lowest BCUT2D eigenvalue weighted by molar-refractivity contribution is 0.0490. The monoisotopic (exact) mass is 284 g/mol. The molecular weight excluding hydrogens is 264 g/mol. The number of aromatic nitrogens is 1. The fraction of sp³-hybridized carbons (Fsp3) is 0.643. The fourth-order valence-corrected chi connectivity index (χ4v) is 2.22. The molecule has 19 heavy (non-hydrogen) atoms. The van der Waals surface area contributed by atoms with Gasteiger partial charge < -0.3 is 14.8 Å². The fourth-order valence-electron chi connectivity index (χ4n) is 2.05. The Morgan fingerprint density at radius 3 is 3.00 bits per heavy atom. The molecule has 1 aliphatic heterocycles. The lowest BCUT2D eigenvalue weighted by Gasteiger charge is -2.21. The number of halogens is 1. The van der Waals surface area contributed by atoms with Crippen LogP contribution in [-0.2, 0) is 11.3 Å². The molecule has 1 N–H and O–H groups in total. The Kier molecular flexibility index (Phi) is 5.89. The van der Waals surface area contributed by atoms with Crippen LogP contribution in [0.2, 0.25) is 5.02 Å². The summed E-state index contributed by atoms with van der Waals surface area (Å²) in [6.07, 6.45) is 3.79. The maximum absolute atomic E-state index is 6.11. The first-order valence-corrected chi connectivity index (χ1v) is 7.23. The topological polar surface area (TPSA) is 43.4 Å². The maximum Gasteiger partial charge on any atom is 0.213 e. The molecule has 1 aliphatic rings. The van der Waals surface area contributed by atoms with Crippen LogP contribution in [0.4, 0.5) is 0 Å². The number of pyridine rings is 1. The van der Waals surface area contributed by atoms with Gasteiger partial charge in [-0.2, -0.15) is 0 Å². The van der Waals surface area contributed by atoms with Crippen LogP contribution < -0.4 is 10.1 Å². The summed E-state index contributed by atoms with van der Waals surface area (Å²) in [4.78, 5) is 4.22. The van der Waals surface area contributed by atoms with Crippen LogP contribution in [0.3, 0.4) is 0 Å². The summed E-state index contributed by atoms with van der Waals surface area (Å²) < 4.78 is 11.1. The van der Waals surface area contributed by atoms with Crippen molar-refractivity contribution in [3.8, 4) is 5.88 Å². The van der Waals surface area contributed by atoms with Crippen molar-refractivity contribution in [2.24, 2.45) is 5.92 Å². The Hall–Kier alpha value is -0.840. The standard InChI is InChI=1S/C14H21ClN2O2/c1-2-16-8-12-7-14(17-9-13(12)15)19-10-11-3-5-18-6-4-11/h7,9,11,16H,2-6,8,10H2,1H3. The van der Waals surface area contributed by atoms with E-state index in [1.165, 1.54) is 0 Å². The number of hydrogen-bond acceptors (Lipinski definition) is 4. The molecule has 1 saturated heterocycles. The molecule has 0 amide bonds. The van der Waals surface area contributed by atoms with E-state index in [-0.39, 0.29) is 0 Å². The molecule has 106 valence electrons. The maximum atomic E-state index is 6.11. The summed E-state index contributed by atoms with van der Waals surface area (Å²) >= 11 is 6.11. The zero-order valence-corrected chi connectivity index (χ0v) is 12.1. The molecule has 0 aromatic carbocycles. The van der Waals surface area contributed by atoms with Crippen molar-refractivity contribution in [1.82, 2.24) is 10.3 Å². The molecule has 1 fully saturated rings. The highest BCUT2D eigenvalue weighted by Gasteiger charge is 2.15. The van der Waals surface area contributed by atoms with E-state index in [0.717, 1.165) is 44.7 Å². The van der Waals surface area contributed by atoms with Crippen molar-refractivity contribution < 1.29 is 9.47 Å². The van der Waals surface area contributed by atoms with Gasteiger partial charge in [0.15, 0.2) is 0 Å². The molecule has 0 atom stereocenters. The van der Waals surface area contributed by atoms with E-state index in [0.29, 0.717) is 23.4 Å². The SMILES string of the molecule is CCNCc1cc(OCC2CCOCC2)ncc1Cl. The molecular formula is C14H21ClN2O2. The third kappa shape index (κ3) is 4.64. The minimum atomic E-state index is 0.573. The van der Waals surface area contributed by atoms with Crippen molar-refractivity contribution in [2.75, 3.05) is 26.4 Å². The Labute approximate surface area is 119 Å². The van der Waals surface area contributed by atoms with Crippen LogP contribution in [0, 0.1) is 5.92 Å². The molecule has 0 spiro atoms. The Morgan fingerprint density at radius 1 is 1.47 bits per heavy atom. The summed E-state index contributed by atoms with van der Waals surface area (Å²) in [6.45, 7) is 6.11. The van der Waals surface area contributed by atoms with E-state index in [4.69, 9.17) is 21.1 Å². The van der Waals surface area contributed by atoms with Crippen molar-refractivity contribution in [1.29, 1.82) is 0 Å². The highest BCUT2D eigenvalue weighted by atomic mass is 35.5.